The highest BCUT2D eigenvalue weighted by Crippen LogP contribution is 2.23. The van der Waals surface area contributed by atoms with Gasteiger partial charge in [0.1, 0.15) is 6.04 Å². The molecule has 3 N–H and O–H groups in total. The van der Waals surface area contributed by atoms with E-state index >= 15 is 0 Å². The van der Waals surface area contributed by atoms with Crippen molar-refractivity contribution in [1.29, 1.82) is 0 Å². The van der Waals surface area contributed by atoms with Crippen LogP contribution in [0.25, 0.3) is 0 Å². The summed E-state index contributed by atoms with van der Waals surface area (Å²) in [5, 5.41) is 3.47. The van der Waals surface area contributed by atoms with Crippen LogP contribution in [0.4, 0.5) is 0 Å². The van der Waals surface area contributed by atoms with E-state index in [9.17, 15) is 9.59 Å². The van der Waals surface area contributed by atoms with Gasteiger partial charge in [-0.15, -0.1) is 11.8 Å². The van der Waals surface area contributed by atoms with Gasteiger partial charge < -0.3 is 16.0 Å². The van der Waals surface area contributed by atoms with Gasteiger partial charge in [0.15, 0.2) is 0 Å². The van der Waals surface area contributed by atoms with E-state index in [-0.39, 0.29) is 11.8 Å². The van der Waals surface area contributed by atoms with Crippen molar-refractivity contribution >= 4 is 35.2 Å². The summed E-state index contributed by atoms with van der Waals surface area (Å²) < 4.78 is 0. The van der Waals surface area contributed by atoms with Crippen LogP contribution in [-0.4, -0.2) is 47.5 Å². The van der Waals surface area contributed by atoms with Gasteiger partial charge in [0.2, 0.25) is 5.91 Å². The Morgan fingerprint density at radius 1 is 1.32 bits per heavy atom. The molecule has 120 valence electrons. The van der Waals surface area contributed by atoms with Gasteiger partial charge in [-0.05, 0) is 43.7 Å². The topological polar surface area (TPSA) is 75.4 Å². The number of hydrogen-bond donors (Lipinski definition) is 2. The van der Waals surface area contributed by atoms with Gasteiger partial charge in [0.05, 0.1) is 5.88 Å². The third-order valence-corrected chi connectivity index (χ3v) is 4.73. The number of amides is 2. The fourth-order valence-electron chi connectivity index (χ4n) is 2.22. The average molecular weight is 342 g/mol. The monoisotopic (exact) mass is 341 g/mol. The summed E-state index contributed by atoms with van der Waals surface area (Å²) in [6.07, 6.45) is 1.74. The molecule has 0 bridgehead atoms. The molecule has 1 atom stereocenters. The van der Waals surface area contributed by atoms with E-state index in [1.165, 1.54) is 0 Å². The first kappa shape index (κ1) is 17.1. The second-order valence-corrected chi connectivity index (χ2v) is 6.52. The number of nitrogens with two attached hydrogens (primary N) is 1. The van der Waals surface area contributed by atoms with Gasteiger partial charge in [-0.2, -0.15) is 0 Å². The van der Waals surface area contributed by atoms with E-state index in [1.54, 1.807) is 40.9 Å². The Morgan fingerprint density at radius 3 is 2.73 bits per heavy atom. The quantitative estimate of drug-likeness (QED) is 0.772. The molecule has 0 saturated carbocycles. The molecule has 1 aliphatic heterocycles. The molecule has 2 amide bonds. The molecule has 2 rings (SSSR count). The molecule has 0 aromatic heterocycles. The molecule has 7 heteroatoms. The van der Waals surface area contributed by atoms with E-state index in [1.807, 2.05) is 0 Å². The predicted octanol–water partition coefficient (Wildman–Crippen LogP) is 1.71. The molecule has 1 aromatic carbocycles. The molecule has 1 saturated heterocycles. The molecule has 22 heavy (non-hydrogen) atoms. The largest absolute Gasteiger partial charge is 0.354 e. The van der Waals surface area contributed by atoms with Gasteiger partial charge in [0, 0.05) is 22.9 Å². The second-order valence-electron chi connectivity index (χ2n) is 5.08. The Morgan fingerprint density at radius 2 is 2.05 bits per heavy atom. The van der Waals surface area contributed by atoms with Crippen molar-refractivity contribution in [3.05, 3.63) is 34.9 Å². The zero-order valence-corrected chi connectivity index (χ0v) is 13.8. The highest BCUT2D eigenvalue weighted by atomic mass is 35.5. The minimum absolute atomic E-state index is 0.0932. The summed E-state index contributed by atoms with van der Waals surface area (Å²) in [7, 11) is 0. The van der Waals surface area contributed by atoms with E-state index < -0.39 is 6.04 Å². The lowest BCUT2D eigenvalue weighted by molar-refractivity contribution is -0.124. The van der Waals surface area contributed by atoms with E-state index in [4.69, 9.17) is 17.3 Å². The second kappa shape index (κ2) is 8.41. The van der Waals surface area contributed by atoms with Crippen LogP contribution in [0.1, 0.15) is 23.2 Å². The van der Waals surface area contributed by atoms with Crippen LogP contribution < -0.4 is 11.1 Å². The van der Waals surface area contributed by atoms with Gasteiger partial charge in [-0.3, -0.25) is 9.59 Å². The van der Waals surface area contributed by atoms with Crippen LogP contribution in [0.5, 0.6) is 0 Å². The first-order chi connectivity index (χ1) is 10.6. The average Bonchev–Trinajstić information content (AvgIpc) is 3.01. The molecule has 1 fully saturated rings. The number of halogens is 1. The van der Waals surface area contributed by atoms with E-state index in [0.29, 0.717) is 35.3 Å². The number of carbonyl (C=O) groups is 2. The molecule has 0 spiro atoms. The maximum atomic E-state index is 12.5. The Hall–Kier alpha value is -1.24. The van der Waals surface area contributed by atoms with Crippen molar-refractivity contribution in [3.8, 4) is 0 Å². The predicted molar refractivity (Wildman–Crippen MR) is 90.0 cm³/mol. The summed E-state index contributed by atoms with van der Waals surface area (Å²) in [6, 6.07) is 6.32. The Bertz CT molecular complexity index is 524. The SMILES string of the molecule is NCCCCNC(=O)C1CSCN1C(=O)c1ccc(Cl)cc1. The van der Waals surface area contributed by atoms with Crippen molar-refractivity contribution in [2.75, 3.05) is 24.7 Å². The van der Waals surface area contributed by atoms with Crippen LogP contribution in [0, 0.1) is 0 Å². The number of hydrogen-bond acceptors (Lipinski definition) is 4. The molecule has 0 radical (unpaired) electrons. The maximum absolute atomic E-state index is 12.5. The third-order valence-electron chi connectivity index (χ3n) is 3.47. The first-order valence-electron chi connectivity index (χ1n) is 7.25. The number of unbranched alkanes of at least 4 members (excludes halogenated alkanes) is 1. The Kier molecular flexibility index (Phi) is 6.54. The minimum Gasteiger partial charge on any atom is -0.354 e. The molecular weight excluding hydrogens is 322 g/mol. The summed E-state index contributed by atoms with van der Waals surface area (Å²) in [5.41, 5.74) is 5.97. The van der Waals surface area contributed by atoms with Crippen LogP contribution in [0.3, 0.4) is 0 Å². The van der Waals surface area contributed by atoms with Crippen molar-refractivity contribution in [1.82, 2.24) is 10.2 Å². The molecule has 1 aromatic rings. The highest BCUT2D eigenvalue weighted by Gasteiger charge is 2.34. The highest BCUT2D eigenvalue weighted by molar-refractivity contribution is 7.99. The van der Waals surface area contributed by atoms with Crippen molar-refractivity contribution < 1.29 is 9.59 Å². The summed E-state index contributed by atoms with van der Waals surface area (Å²) in [4.78, 5) is 26.4. The van der Waals surface area contributed by atoms with E-state index in [0.717, 1.165) is 12.8 Å². The third kappa shape index (κ3) is 4.38. The van der Waals surface area contributed by atoms with Crippen LogP contribution in [0.2, 0.25) is 5.02 Å². The Labute approximate surface area is 139 Å². The number of rotatable bonds is 6. The van der Waals surface area contributed by atoms with E-state index in [2.05, 4.69) is 5.32 Å². The summed E-state index contributed by atoms with van der Waals surface area (Å²) in [6.45, 7) is 1.22. The first-order valence-corrected chi connectivity index (χ1v) is 8.79. The zero-order valence-electron chi connectivity index (χ0n) is 12.3. The number of nitrogens with one attached hydrogen (secondary N) is 1. The van der Waals surface area contributed by atoms with Crippen LogP contribution >= 0.6 is 23.4 Å². The van der Waals surface area contributed by atoms with Crippen LogP contribution in [-0.2, 0) is 4.79 Å². The molecule has 5 nitrogen and oxygen atoms in total. The molecular formula is C15H20ClN3O2S. The van der Waals surface area contributed by atoms with Gasteiger partial charge in [0.25, 0.3) is 5.91 Å². The maximum Gasteiger partial charge on any atom is 0.255 e. The number of benzene rings is 1. The fourth-order valence-corrected chi connectivity index (χ4v) is 3.50. The molecule has 0 aliphatic carbocycles. The molecule has 1 unspecified atom stereocenters. The minimum atomic E-state index is -0.411. The Balaban J connectivity index is 1.96. The van der Waals surface area contributed by atoms with Gasteiger partial charge >= 0.3 is 0 Å². The van der Waals surface area contributed by atoms with Crippen molar-refractivity contribution in [2.45, 2.75) is 18.9 Å². The standard InChI is InChI=1S/C15H20ClN3O2S/c16-12-5-3-11(4-6-12)15(21)19-10-22-9-13(19)14(20)18-8-2-1-7-17/h3-6,13H,1-2,7-10,17H2,(H,18,20). The van der Waals surface area contributed by atoms with Gasteiger partial charge in [-0.1, -0.05) is 11.6 Å². The summed E-state index contributed by atoms with van der Waals surface area (Å²) >= 11 is 7.42. The normalized spacial score (nSPS) is 17.5. The lowest BCUT2D eigenvalue weighted by Crippen LogP contribution is -2.47. The molecule has 1 aliphatic rings. The molecule has 1 heterocycles. The summed E-state index contributed by atoms with van der Waals surface area (Å²) in [5.74, 6) is 0.929. The zero-order chi connectivity index (χ0) is 15.9. The number of nitrogens with zero attached hydrogens (tertiary/aromatic N) is 1. The van der Waals surface area contributed by atoms with Crippen molar-refractivity contribution in [2.24, 2.45) is 5.73 Å². The smallest absolute Gasteiger partial charge is 0.255 e. The van der Waals surface area contributed by atoms with Crippen LogP contribution in [0.15, 0.2) is 24.3 Å². The lowest BCUT2D eigenvalue weighted by atomic mass is 10.1. The fraction of sp³-hybridized carbons (Fsp3) is 0.467. The van der Waals surface area contributed by atoms with Crippen molar-refractivity contribution in [3.63, 3.8) is 0 Å². The lowest BCUT2D eigenvalue weighted by Gasteiger charge is -2.23. The number of carbonyl (C=O) groups excluding carboxylic acids is 2. The number of thioether (sulfide) groups is 1. The van der Waals surface area contributed by atoms with Gasteiger partial charge in [-0.25, -0.2) is 0 Å².